The molecule has 0 radical (unpaired) electrons. The highest BCUT2D eigenvalue weighted by Gasteiger charge is 2.08. The summed E-state index contributed by atoms with van der Waals surface area (Å²) < 4.78 is 11.3. The Bertz CT molecular complexity index is 1210. The molecule has 0 atom stereocenters. The van der Waals surface area contributed by atoms with Crippen LogP contribution >= 0.6 is 0 Å². The van der Waals surface area contributed by atoms with Gasteiger partial charge in [-0.05, 0) is 38.1 Å². The third kappa shape index (κ3) is 5.47. The molecule has 8 nitrogen and oxygen atoms in total. The van der Waals surface area contributed by atoms with Crippen LogP contribution in [-0.4, -0.2) is 35.8 Å². The van der Waals surface area contributed by atoms with Crippen LogP contribution in [-0.2, 0) is 0 Å². The summed E-state index contributed by atoms with van der Waals surface area (Å²) in [6.45, 7) is 5.07. The molecule has 0 spiro atoms. The summed E-state index contributed by atoms with van der Waals surface area (Å²) in [5.74, 6) is 2.62. The van der Waals surface area contributed by atoms with E-state index in [1.165, 1.54) is 0 Å². The topological polar surface area (TPSA) is 93.0 Å². The van der Waals surface area contributed by atoms with Gasteiger partial charge in [0.15, 0.2) is 11.6 Å². The highest BCUT2D eigenvalue weighted by Crippen LogP contribution is 2.26. The van der Waals surface area contributed by atoms with E-state index >= 15 is 0 Å². The Labute approximate surface area is 198 Å². The monoisotopic (exact) mass is 454 g/mol. The number of aromatic nitrogens is 2. The Hall–Kier alpha value is -4.46. The number of hydrogen-bond donors (Lipinski definition) is 2. The number of rotatable bonds is 10. The minimum atomic E-state index is 0.539. The van der Waals surface area contributed by atoms with Gasteiger partial charge in [0.1, 0.15) is 11.5 Å². The number of nitrogens with zero attached hydrogens (tertiary/aromatic N) is 4. The van der Waals surface area contributed by atoms with Gasteiger partial charge in [0.05, 0.1) is 25.6 Å². The number of anilines is 2. The van der Waals surface area contributed by atoms with Crippen LogP contribution in [0.5, 0.6) is 11.5 Å². The average molecular weight is 455 g/mol. The molecule has 0 fully saturated rings. The number of fused-ring (bicyclic) bond motifs is 1. The first-order chi connectivity index (χ1) is 16.8. The van der Waals surface area contributed by atoms with Gasteiger partial charge in [-0.3, -0.25) is 10.9 Å². The minimum absolute atomic E-state index is 0.539. The van der Waals surface area contributed by atoms with Crippen LogP contribution in [0.2, 0.25) is 0 Å². The molecular weight excluding hydrogens is 428 g/mol. The molecule has 3 aromatic carbocycles. The molecule has 0 bridgehead atoms. The molecule has 34 heavy (non-hydrogen) atoms. The Kier molecular flexibility index (Phi) is 7.63. The normalized spacial score (nSPS) is 11.2. The van der Waals surface area contributed by atoms with Crippen molar-refractivity contribution in [2.75, 3.05) is 24.1 Å². The quantitative estimate of drug-likeness (QED) is 0.249. The number of nitrogens with one attached hydrogen (secondary N) is 2. The highest BCUT2D eigenvalue weighted by atomic mass is 16.5. The maximum absolute atomic E-state index is 5.64. The van der Waals surface area contributed by atoms with Crippen molar-refractivity contribution in [3.63, 3.8) is 0 Å². The Balaban J connectivity index is 1.53. The van der Waals surface area contributed by atoms with E-state index in [1.54, 1.807) is 12.4 Å². The first-order valence-electron chi connectivity index (χ1n) is 11.1. The van der Waals surface area contributed by atoms with E-state index in [9.17, 15) is 0 Å². The van der Waals surface area contributed by atoms with E-state index in [0.717, 1.165) is 33.4 Å². The largest absolute Gasteiger partial charge is 0.493 e. The van der Waals surface area contributed by atoms with Crippen molar-refractivity contribution < 1.29 is 9.47 Å². The third-order valence-electron chi connectivity index (χ3n) is 4.87. The standard InChI is InChI=1S/C26H26N6O2/c1-3-33-23-15-9-5-11-19(23)17-27-29-25-21-13-7-8-14-22(21)26(32-31-25)30-28-18-20-12-6-10-16-24(20)34-4-2/h5-18H,3-4H2,1-2H3,(H,29,31)(H,30,32). The zero-order valence-corrected chi connectivity index (χ0v) is 19.1. The fraction of sp³-hybridized carbons (Fsp3) is 0.154. The summed E-state index contributed by atoms with van der Waals surface area (Å²) in [5.41, 5.74) is 7.73. The predicted octanol–water partition coefficient (Wildman–Crippen LogP) is 5.32. The predicted molar refractivity (Wildman–Crippen MR) is 137 cm³/mol. The molecule has 1 aromatic heterocycles. The van der Waals surface area contributed by atoms with Crippen molar-refractivity contribution in [2.45, 2.75) is 13.8 Å². The molecule has 0 unspecified atom stereocenters. The highest BCUT2D eigenvalue weighted by molar-refractivity contribution is 5.98. The maximum atomic E-state index is 5.64. The SMILES string of the molecule is CCOc1ccccc1C=NNc1nnc(NN=Cc2ccccc2OCC)c2ccccc12. The number of para-hydroxylation sites is 2. The van der Waals surface area contributed by atoms with Crippen molar-refractivity contribution in [3.05, 3.63) is 83.9 Å². The van der Waals surface area contributed by atoms with Crippen molar-refractivity contribution >= 4 is 34.8 Å². The summed E-state index contributed by atoms with van der Waals surface area (Å²) in [7, 11) is 0. The number of benzene rings is 3. The summed E-state index contributed by atoms with van der Waals surface area (Å²) in [6, 6.07) is 23.2. The summed E-state index contributed by atoms with van der Waals surface area (Å²) in [5, 5.41) is 19.0. The Morgan fingerprint density at radius 1 is 0.647 bits per heavy atom. The molecule has 0 amide bonds. The van der Waals surface area contributed by atoms with E-state index in [-0.39, 0.29) is 0 Å². The second kappa shape index (κ2) is 11.4. The molecular formula is C26H26N6O2. The smallest absolute Gasteiger partial charge is 0.176 e. The van der Waals surface area contributed by atoms with Crippen molar-refractivity contribution in [1.29, 1.82) is 0 Å². The van der Waals surface area contributed by atoms with Gasteiger partial charge >= 0.3 is 0 Å². The van der Waals surface area contributed by atoms with Gasteiger partial charge in [0, 0.05) is 21.9 Å². The van der Waals surface area contributed by atoms with Gasteiger partial charge in [0.2, 0.25) is 0 Å². The van der Waals surface area contributed by atoms with Crippen LogP contribution in [0.4, 0.5) is 11.6 Å². The van der Waals surface area contributed by atoms with Crippen LogP contribution < -0.4 is 20.3 Å². The van der Waals surface area contributed by atoms with Crippen LogP contribution in [0.15, 0.2) is 83.0 Å². The van der Waals surface area contributed by atoms with E-state index in [2.05, 4.69) is 31.3 Å². The van der Waals surface area contributed by atoms with E-state index in [0.29, 0.717) is 24.8 Å². The van der Waals surface area contributed by atoms with Crippen LogP contribution in [0.3, 0.4) is 0 Å². The molecule has 4 aromatic rings. The fourth-order valence-corrected chi connectivity index (χ4v) is 3.34. The summed E-state index contributed by atoms with van der Waals surface area (Å²) >= 11 is 0. The second-order valence-corrected chi connectivity index (χ2v) is 7.12. The fourth-order valence-electron chi connectivity index (χ4n) is 3.34. The lowest BCUT2D eigenvalue weighted by molar-refractivity contribution is 0.339. The van der Waals surface area contributed by atoms with Crippen LogP contribution in [0.1, 0.15) is 25.0 Å². The van der Waals surface area contributed by atoms with Crippen LogP contribution in [0, 0.1) is 0 Å². The number of hydrogen-bond acceptors (Lipinski definition) is 8. The Morgan fingerprint density at radius 2 is 1.06 bits per heavy atom. The van der Waals surface area contributed by atoms with Crippen molar-refractivity contribution in [2.24, 2.45) is 10.2 Å². The van der Waals surface area contributed by atoms with Gasteiger partial charge in [-0.2, -0.15) is 10.2 Å². The van der Waals surface area contributed by atoms with Gasteiger partial charge in [-0.15, -0.1) is 10.2 Å². The molecule has 0 aliphatic carbocycles. The van der Waals surface area contributed by atoms with Crippen molar-refractivity contribution in [1.82, 2.24) is 10.2 Å². The first kappa shape index (κ1) is 22.7. The van der Waals surface area contributed by atoms with E-state index in [4.69, 9.17) is 9.47 Å². The molecule has 0 aliphatic heterocycles. The molecule has 1 heterocycles. The lowest BCUT2D eigenvalue weighted by Gasteiger charge is -2.09. The summed E-state index contributed by atoms with van der Waals surface area (Å²) in [4.78, 5) is 0. The van der Waals surface area contributed by atoms with Gasteiger partial charge < -0.3 is 9.47 Å². The summed E-state index contributed by atoms with van der Waals surface area (Å²) in [6.07, 6.45) is 3.40. The Morgan fingerprint density at radius 3 is 1.50 bits per heavy atom. The van der Waals surface area contributed by atoms with Gasteiger partial charge in [0.25, 0.3) is 0 Å². The van der Waals surface area contributed by atoms with Gasteiger partial charge in [-0.25, -0.2) is 0 Å². The number of hydrazone groups is 2. The number of ether oxygens (including phenoxy) is 2. The lowest BCUT2D eigenvalue weighted by atomic mass is 10.2. The van der Waals surface area contributed by atoms with E-state index in [1.807, 2.05) is 86.6 Å². The third-order valence-corrected chi connectivity index (χ3v) is 4.87. The maximum Gasteiger partial charge on any atom is 0.176 e. The van der Waals surface area contributed by atoms with Crippen molar-refractivity contribution in [3.8, 4) is 11.5 Å². The second-order valence-electron chi connectivity index (χ2n) is 7.12. The van der Waals surface area contributed by atoms with Crippen LogP contribution in [0.25, 0.3) is 10.8 Å². The molecule has 8 heteroatoms. The zero-order valence-electron chi connectivity index (χ0n) is 19.1. The molecule has 0 saturated carbocycles. The zero-order chi connectivity index (χ0) is 23.6. The molecule has 2 N–H and O–H groups in total. The van der Waals surface area contributed by atoms with E-state index < -0.39 is 0 Å². The molecule has 172 valence electrons. The molecule has 0 aliphatic rings. The molecule has 4 rings (SSSR count). The lowest BCUT2D eigenvalue weighted by Crippen LogP contribution is -2.02. The molecule has 0 saturated heterocycles. The van der Waals surface area contributed by atoms with Gasteiger partial charge in [-0.1, -0.05) is 48.5 Å². The minimum Gasteiger partial charge on any atom is -0.493 e. The first-order valence-corrected chi connectivity index (χ1v) is 11.1. The average Bonchev–Trinajstić information content (AvgIpc) is 2.87.